The third kappa shape index (κ3) is 4.41. The Morgan fingerprint density at radius 1 is 1.14 bits per heavy atom. The number of ether oxygens (including phenoxy) is 1. The highest BCUT2D eigenvalue weighted by atomic mass is 16.5. The number of hydrogen-bond acceptors (Lipinski definition) is 3. The Bertz CT molecular complexity index is 562. The minimum atomic E-state index is -0.0882. The molecule has 0 aromatic rings. The molecule has 0 amide bonds. The molecule has 0 aromatic heterocycles. The van der Waals surface area contributed by atoms with E-state index in [1.54, 1.807) is 0 Å². The van der Waals surface area contributed by atoms with Crippen LogP contribution in [0.1, 0.15) is 90.9 Å². The number of quaternary nitrogens is 2. The molecule has 168 valence electrons. The van der Waals surface area contributed by atoms with Crippen LogP contribution in [0.15, 0.2) is 0 Å². The van der Waals surface area contributed by atoms with Crippen molar-refractivity contribution < 1.29 is 20.9 Å². The summed E-state index contributed by atoms with van der Waals surface area (Å²) < 4.78 is 7.00. The monoisotopic (exact) mass is 409 g/mol. The zero-order chi connectivity index (χ0) is 20.7. The maximum Gasteiger partial charge on any atom is 0.137 e. The van der Waals surface area contributed by atoms with Gasteiger partial charge in [0, 0.05) is 37.7 Å². The number of piperidine rings is 1. The number of hydrogen-bond donors (Lipinski definition) is 4. The van der Waals surface area contributed by atoms with Crippen LogP contribution in [-0.4, -0.2) is 41.2 Å². The van der Waals surface area contributed by atoms with E-state index in [1.165, 1.54) is 64.3 Å². The van der Waals surface area contributed by atoms with Crippen molar-refractivity contribution in [2.75, 3.05) is 13.2 Å². The molecule has 2 saturated carbocycles. The van der Waals surface area contributed by atoms with E-state index in [0.717, 1.165) is 31.1 Å². The van der Waals surface area contributed by atoms with Gasteiger partial charge in [0.05, 0.1) is 17.7 Å². The van der Waals surface area contributed by atoms with Gasteiger partial charge in [-0.05, 0) is 70.6 Å². The van der Waals surface area contributed by atoms with Crippen LogP contribution in [0.5, 0.6) is 0 Å². The highest BCUT2D eigenvalue weighted by Crippen LogP contribution is 2.59. The molecule has 5 rings (SSSR count). The summed E-state index contributed by atoms with van der Waals surface area (Å²) in [6.07, 6.45) is 15.2. The first-order valence-corrected chi connectivity index (χ1v) is 12.5. The van der Waals surface area contributed by atoms with E-state index < -0.39 is 0 Å². The van der Waals surface area contributed by atoms with Crippen LogP contribution in [0, 0.1) is 23.7 Å². The Balaban J connectivity index is 1.45. The first-order valence-electron chi connectivity index (χ1n) is 12.5. The smallest absolute Gasteiger partial charge is 0.137 e. The summed E-state index contributed by atoms with van der Waals surface area (Å²) in [6.45, 7) is 6.13. The molecule has 7 atom stereocenters. The summed E-state index contributed by atoms with van der Waals surface area (Å²) in [5.74, 6) is 2.92. The molecule has 0 aromatic carbocycles. The van der Waals surface area contributed by atoms with Crippen molar-refractivity contribution in [2.24, 2.45) is 29.4 Å². The molecule has 5 aliphatic rings. The van der Waals surface area contributed by atoms with Crippen LogP contribution in [0.2, 0.25) is 0 Å². The summed E-state index contributed by atoms with van der Waals surface area (Å²) in [4.78, 5) is 0. The van der Waals surface area contributed by atoms with Gasteiger partial charge in [0.2, 0.25) is 0 Å². The fraction of sp³-hybridized carbons (Fsp3) is 1.00. The van der Waals surface area contributed by atoms with Crippen LogP contribution < -0.4 is 16.8 Å². The quantitative estimate of drug-likeness (QED) is 0.535. The summed E-state index contributed by atoms with van der Waals surface area (Å²) in [5, 5.41) is 11.8. The predicted molar refractivity (Wildman–Crippen MR) is 115 cm³/mol. The maximum absolute atomic E-state index is 9.46. The van der Waals surface area contributed by atoms with Gasteiger partial charge in [-0.25, -0.2) is 0 Å². The number of aliphatic hydroxyl groups excluding tert-OH is 1. The molecule has 29 heavy (non-hydrogen) atoms. The van der Waals surface area contributed by atoms with Crippen molar-refractivity contribution >= 4 is 0 Å². The fourth-order valence-corrected chi connectivity index (χ4v) is 8.09. The maximum atomic E-state index is 9.46. The molecule has 2 aliphatic carbocycles. The summed E-state index contributed by atoms with van der Waals surface area (Å²) in [7, 11) is 0. The lowest BCUT2D eigenvalue weighted by molar-refractivity contribution is -0.703. The topological polar surface area (TPSA) is 99.7 Å². The fourth-order valence-electron chi connectivity index (χ4n) is 8.09. The minimum Gasteiger partial charge on any atom is -0.396 e. The third-order valence-electron chi connectivity index (χ3n) is 9.26. The van der Waals surface area contributed by atoms with Gasteiger partial charge in [-0.3, -0.25) is 5.73 Å². The molecule has 2 bridgehead atoms. The van der Waals surface area contributed by atoms with Crippen molar-refractivity contribution in [3.63, 3.8) is 0 Å². The van der Waals surface area contributed by atoms with Crippen LogP contribution in [-0.2, 0) is 4.74 Å². The van der Waals surface area contributed by atoms with Crippen molar-refractivity contribution in [1.82, 2.24) is 0 Å². The predicted octanol–water partition coefficient (Wildman–Crippen LogP) is 1.54. The minimum absolute atomic E-state index is 0.0230. The Kier molecular flexibility index (Phi) is 6.36. The Morgan fingerprint density at radius 3 is 2.66 bits per heavy atom. The Morgan fingerprint density at radius 2 is 1.97 bits per heavy atom. The third-order valence-corrected chi connectivity index (χ3v) is 9.26. The molecule has 2 unspecified atom stereocenters. The molecule has 3 heterocycles. The second kappa shape index (κ2) is 8.38. The molecule has 3 aliphatic heterocycles. The van der Waals surface area contributed by atoms with Crippen LogP contribution >= 0.6 is 0 Å². The zero-order valence-corrected chi connectivity index (χ0v) is 19.0. The SMILES string of the molecule is CC1(C)O[C@@]2([C@@H]3CCC[C@H](CC4CCC(N)[NH2+]C4)C3)CC[C@H]1[C@]([NH3+])(CCCO)C2. The normalized spacial score (nSPS) is 47.3. The van der Waals surface area contributed by atoms with Gasteiger partial charge >= 0.3 is 0 Å². The lowest BCUT2D eigenvalue weighted by Gasteiger charge is -2.63. The van der Waals surface area contributed by atoms with Gasteiger partial charge in [-0.1, -0.05) is 12.8 Å². The van der Waals surface area contributed by atoms with Gasteiger partial charge in [0.1, 0.15) is 11.7 Å². The van der Waals surface area contributed by atoms with Gasteiger partial charge in [0.25, 0.3) is 0 Å². The highest BCUT2D eigenvalue weighted by Gasteiger charge is 2.64. The first kappa shape index (κ1) is 22.0. The molecular weight excluding hydrogens is 362 g/mol. The molecule has 5 heteroatoms. The number of rotatable bonds is 6. The number of nitrogens with two attached hydrogens (primary N) is 2. The standard InChI is InChI=1S/C24H45N3O2/c1-22(2)20-9-11-24(29-22,16-23(20,26)10-4-12-28)19-6-3-5-17(14-19)13-18-7-8-21(25)27-15-18/h17-21,27-28H,3-16,25-26H2,1-2H3/p+2/t17-,18?,19-,20-,21?,23+,24+/m1/s1. The van der Waals surface area contributed by atoms with E-state index in [2.05, 4.69) is 19.2 Å². The summed E-state index contributed by atoms with van der Waals surface area (Å²) >= 11 is 0. The van der Waals surface area contributed by atoms with Gasteiger partial charge in [0.15, 0.2) is 0 Å². The average Bonchev–Trinajstić information content (AvgIpc) is 2.68. The molecule has 5 fully saturated rings. The van der Waals surface area contributed by atoms with Crippen molar-refractivity contribution in [3.8, 4) is 0 Å². The van der Waals surface area contributed by atoms with Crippen LogP contribution in [0.25, 0.3) is 0 Å². The Hall–Kier alpha value is -0.200. The van der Waals surface area contributed by atoms with Gasteiger partial charge in [-0.2, -0.15) is 0 Å². The summed E-state index contributed by atoms with van der Waals surface area (Å²) in [6, 6.07) is 0. The van der Waals surface area contributed by atoms with Crippen LogP contribution in [0.4, 0.5) is 0 Å². The number of fused-ring (bicyclic) bond motifs is 3. The first-order chi connectivity index (χ1) is 13.8. The lowest BCUT2D eigenvalue weighted by Crippen LogP contribution is -2.95. The van der Waals surface area contributed by atoms with Crippen molar-refractivity contribution in [3.05, 3.63) is 0 Å². The van der Waals surface area contributed by atoms with Gasteiger partial charge < -0.3 is 20.9 Å². The summed E-state index contributed by atoms with van der Waals surface area (Å²) in [5.41, 5.74) is 10.9. The second-order valence-corrected chi connectivity index (χ2v) is 11.8. The molecule has 0 spiro atoms. The second-order valence-electron chi connectivity index (χ2n) is 11.8. The van der Waals surface area contributed by atoms with E-state index >= 15 is 0 Å². The van der Waals surface area contributed by atoms with E-state index in [0.29, 0.717) is 18.0 Å². The molecule has 0 radical (unpaired) electrons. The van der Waals surface area contributed by atoms with Gasteiger partial charge in [-0.15, -0.1) is 0 Å². The van der Waals surface area contributed by atoms with E-state index in [1.807, 2.05) is 0 Å². The van der Waals surface area contributed by atoms with Crippen LogP contribution in [0.3, 0.4) is 0 Å². The van der Waals surface area contributed by atoms with E-state index in [-0.39, 0.29) is 23.3 Å². The largest absolute Gasteiger partial charge is 0.396 e. The van der Waals surface area contributed by atoms with E-state index in [4.69, 9.17) is 16.2 Å². The van der Waals surface area contributed by atoms with E-state index in [9.17, 15) is 5.11 Å². The molecule has 5 nitrogen and oxygen atoms in total. The number of aliphatic hydroxyl groups is 1. The average molecular weight is 410 g/mol. The Labute approximate surface area is 177 Å². The molecule has 3 saturated heterocycles. The van der Waals surface area contributed by atoms with Crippen molar-refractivity contribution in [2.45, 2.75) is 114 Å². The lowest BCUT2D eigenvalue weighted by atomic mass is 9.53. The molecular formula is C24H47N3O2+2. The zero-order valence-electron chi connectivity index (χ0n) is 19.0. The molecule has 8 N–H and O–H groups in total. The highest BCUT2D eigenvalue weighted by molar-refractivity contribution is 5.12. The van der Waals surface area contributed by atoms with Crippen molar-refractivity contribution in [1.29, 1.82) is 0 Å².